The van der Waals surface area contributed by atoms with E-state index >= 15 is 0 Å². The molecule has 0 N–H and O–H groups in total. The summed E-state index contributed by atoms with van der Waals surface area (Å²) >= 11 is 0. The van der Waals surface area contributed by atoms with Gasteiger partial charge in [0.25, 0.3) is 0 Å². The molecule has 17 heavy (non-hydrogen) atoms. The number of hydrogen-bond donors (Lipinski definition) is 0. The Bertz CT molecular complexity index is 394. The molecule has 4 aliphatic rings. The van der Waals surface area contributed by atoms with Crippen molar-refractivity contribution in [3.05, 3.63) is 11.6 Å². The van der Waals surface area contributed by atoms with Crippen molar-refractivity contribution in [1.82, 2.24) is 0 Å². The molecule has 0 aliphatic heterocycles. The van der Waals surface area contributed by atoms with Gasteiger partial charge in [-0.2, -0.15) is 0 Å². The van der Waals surface area contributed by atoms with Crippen molar-refractivity contribution in [1.29, 1.82) is 0 Å². The van der Waals surface area contributed by atoms with Crippen molar-refractivity contribution >= 4 is 5.78 Å². The molecular formula is C16H24O. The first-order valence-corrected chi connectivity index (χ1v) is 7.09. The number of carbonyl (C=O) groups excluding carboxylic acids is 1. The molecule has 3 atom stereocenters. The van der Waals surface area contributed by atoms with Crippen LogP contribution in [0.3, 0.4) is 0 Å². The normalized spacial score (nSPS) is 50.8. The highest BCUT2D eigenvalue weighted by Crippen LogP contribution is 2.87. The Hall–Kier alpha value is -0.590. The molecule has 0 saturated heterocycles. The lowest BCUT2D eigenvalue weighted by molar-refractivity contribution is -0.113. The number of hydrogen-bond acceptors (Lipinski definition) is 1. The Balaban J connectivity index is 1.67. The molecule has 4 fully saturated rings. The predicted molar refractivity (Wildman–Crippen MR) is 69.6 cm³/mol. The number of rotatable bonds is 4. The zero-order chi connectivity index (χ0) is 12.4. The number of Topliss-reactive ketones (excluding diaryl/α,β-unsaturated/α-hetero) is 1. The largest absolute Gasteiger partial charge is 0.295 e. The summed E-state index contributed by atoms with van der Waals surface area (Å²) in [6.45, 7) is 8.65. The lowest BCUT2D eigenvalue weighted by Crippen LogP contribution is -2.26. The number of carbonyl (C=O) groups is 1. The maximum absolute atomic E-state index is 11.2. The lowest BCUT2D eigenvalue weighted by atomic mass is 9.71. The van der Waals surface area contributed by atoms with Crippen molar-refractivity contribution in [3.8, 4) is 0 Å². The second-order valence-electron chi connectivity index (χ2n) is 7.06. The van der Waals surface area contributed by atoms with Crippen LogP contribution in [0.25, 0.3) is 0 Å². The van der Waals surface area contributed by atoms with Crippen molar-refractivity contribution in [2.75, 3.05) is 0 Å². The van der Waals surface area contributed by atoms with Crippen LogP contribution in [0.1, 0.15) is 53.4 Å². The van der Waals surface area contributed by atoms with Crippen LogP contribution in [-0.2, 0) is 4.79 Å². The summed E-state index contributed by atoms with van der Waals surface area (Å²) in [4.78, 5) is 11.2. The fourth-order valence-electron chi connectivity index (χ4n) is 5.24. The van der Waals surface area contributed by atoms with Gasteiger partial charge in [0.15, 0.2) is 5.78 Å². The molecule has 94 valence electrons. The van der Waals surface area contributed by atoms with Gasteiger partial charge in [-0.15, -0.1) is 0 Å². The topological polar surface area (TPSA) is 17.1 Å². The molecule has 0 spiro atoms. The first-order valence-electron chi connectivity index (χ1n) is 7.09. The third-order valence-electron chi connectivity index (χ3n) is 6.80. The van der Waals surface area contributed by atoms with Crippen LogP contribution in [0, 0.1) is 28.6 Å². The summed E-state index contributed by atoms with van der Waals surface area (Å²) in [6.07, 6.45) is 7.52. The summed E-state index contributed by atoms with van der Waals surface area (Å²) in [7, 11) is 0. The van der Waals surface area contributed by atoms with Gasteiger partial charge in [0.1, 0.15) is 0 Å². The second-order valence-corrected chi connectivity index (χ2v) is 7.06. The van der Waals surface area contributed by atoms with Gasteiger partial charge >= 0.3 is 0 Å². The fourth-order valence-corrected chi connectivity index (χ4v) is 5.24. The molecule has 3 unspecified atom stereocenters. The smallest absolute Gasteiger partial charge is 0.155 e. The standard InChI is InChI=1S/C16H24O/c1-10(11(2)17)6-5-7-15(3)12-8-13-14(9-12)16(13,15)4/h6,12-14H,5,7-9H2,1-4H3/b10-6-. The molecule has 4 saturated carbocycles. The third-order valence-corrected chi connectivity index (χ3v) is 6.80. The molecule has 0 amide bonds. The molecule has 0 aromatic rings. The highest BCUT2D eigenvalue weighted by atomic mass is 16.1. The van der Waals surface area contributed by atoms with Crippen molar-refractivity contribution in [2.45, 2.75) is 53.4 Å². The summed E-state index contributed by atoms with van der Waals surface area (Å²) in [5, 5.41) is 0. The third kappa shape index (κ3) is 1.23. The van der Waals surface area contributed by atoms with Crippen LogP contribution in [-0.4, -0.2) is 5.78 Å². The minimum Gasteiger partial charge on any atom is -0.295 e. The molecule has 0 aromatic heterocycles. The Morgan fingerprint density at radius 1 is 1.24 bits per heavy atom. The number of allylic oxidation sites excluding steroid dienone is 2. The Morgan fingerprint density at radius 3 is 2.24 bits per heavy atom. The molecule has 4 bridgehead atoms. The van der Waals surface area contributed by atoms with E-state index in [-0.39, 0.29) is 5.78 Å². The van der Waals surface area contributed by atoms with Gasteiger partial charge in [0, 0.05) is 0 Å². The Morgan fingerprint density at radius 2 is 1.82 bits per heavy atom. The first-order chi connectivity index (χ1) is 7.91. The van der Waals surface area contributed by atoms with E-state index in [2.05, 4.69) is 19.9 Å². The van der Waals surface area contributed by atoms with Crippen molar-refractivity contribution in [2.24, 2.45) is 28.6 Å². The van der Waals surface area contributed by atoms with E-state index in [1.54, 1.807) is 6.92 Å². The molecule has 1 heteroatoms. The Kier molecular flexibility index (Phi) is 2.19. The molecular weight excluding hydrogens is 208 g/mol. The van der Waals surface area contributed by atoms with Crippen LogP contribution in [0.2, 0.25) is 0 Å². The van der Waals surface area contributed by atoms with E-state index in [9.17, 15) is 4.79 Å². The average molecular weight is 232 g/mol. The van der Waals surface area contributed by atoms with Gasteiger partial charge in [-0.1, -0.05) is 19.9 Å². The van der Waals surface area contributed by atoms with E-state index in [1.807, 2.05) is 6.92 Å². The van der Waals surface area contributed by atoms with Gasteiger partial charge in [-0.3, -0.25) is 4.79 Å². The summed E-state index contributed by atoms with van der Waals surface area (Å²) in [5.74, 6) is 3.31. The average Bonchev–Trinajstić information content (AvgIpc) is 2.64. The van der Waals surface area contributed by atoms with Crippen molar-refractivity contribution < 1.29 is 4.79 Å². The molecule has 4 rings (SSSR count). The van der Waals surface area contributed by atoms with Crippen LogP contribution >= 0.6 is 0 Å². The quantitative estimate of drug-likeness (QED) is 0.670. The van der Waals surface area contributed by atoms with E-state index in [4.69, 9.17) is 0 Å². The monoisotopic (exact) mass is 232 g/mol. The fraction of sp³-hybridized carbons (Fsp3) is 0.812. The molecule has 0 heterocycles. The molecule has 0 radical (unpaired) electrons. The minimum absolute atomic E-state index is 0.224. The van der Waals surface area contributed by atoms with Gasteiger partial charge in [0.05, 0.1) is 0 Å². The molecule has 0 aromatic carbocycles. The maximum Gasteiger partial charge on any atom is 0.155 e. The van der Waals surface area contributed by atoms with E-state index in [0.29, 0.717) is 10.8 Å². The van der Waals surface area contributed by atoms with Crippen LogP contribution in [0.15, 0.2) is 11.6 Å². The predicted octanol–water partition coefficient (Wildman–Crippen LogP) is 3.98. The highest BCUT2D eigenvalue weighted by Gasteiger charge is 2.80. The maximum atomic E-state index is 11.2. The number of ketones is 1. The zero-order valence-electron chi connectivity index (χ0n) is 11.5. The van der Waals surface area contributed by atoms with Crippen molar-refractivity contribution in [3.63, 3.8) is 0 Å². The van der Waals surface area contributed by atoms with Crippen LogP contribution in [0.4, 0.5) is 0 Å². The van der Waals surface area contributed by atoms with Gasteiger partial charge < -0.3 is 0 Å². The summed E-state index contributed by atoms with van der Waals surface area (Å²) < 4.78 is 0. The molecule has 4 aliphatic carbocycles. The van der Waals surface area contributed by atoms with E-state index in [0.717, 1.165) is 29.7 Å². The molecule has 1 nitrogen and oxygen atoms in total. The zero-order valence-corrected chi connectivity index (χ0v) is 11.5. The lowest BCUT2D eigenvalue weighted by Gasteiger charge is -2.34. The van der Waals surface area contributed by atoms with E-state index < -0.39 is 0 Å². The summed E-state index contributed by atoms with van der Waals surface area (Å²) in [6, 6.07) is 0. The first kappa shape index (κ1) is 11.5. The van der Waals surface area contributed by atoms with Crippen LogP contribution < -0.4 is 0 Å². The van der Waals surface area contributed by atoms with E-state index in [1.165, 1.54) is 19.3 Å². The van der Waals surface area contributed by atoms with Gasteiger partial charge in [0.2, 0.25) is 0 Å². The highest BCUT2D eigenvalue weighted by molar-refractivity contribution is 5.92. The van der Waals surface area contributed by atoms with Crippen LogP contribution in [0.5, 0.6) is 0 Å². The Labute approximate surface area is 105 Å². The van der Waals surface area contributed by atoms with Gasteiger partial charge in [-0.25, -0.2) is 0 Å². The minimum atomic E-state index is 0.224. The second kappa shape index (κ2) is 3.24. The SMILES string of the molecule is CC(=O)/C(C)=C\CCC1(C)C2CC3C(C2)C31C. The van der Waals surface area contributed by atoms with Gasteiger partial charge in [-0.05, 0) is 73.7 Å². The summed E-state index contributed by atoms with van der Waals surface area (Å²) in [5.41, 5.74) is 2.17.